The summed E-state index contributed by atoms with van der Waals surface area (Å²) in [6, 6.07) is 0.764. The van der Waals surface area contributed by atoms with Crippen LogP contribution in [0.4, 0.5) is 5.13 Å². The molecule has 0 atom stereocenters. The van der Waals surface area contributed by atoms with Gasteiger partial charge in [0.2, 0.25) is 0 Å². The molecule has 0 radical (unpaired) electrons. The molecular weight excluding hydrogens is 286 g/mol. The smallest absolute Gasteiger partial charge is 0.185 e. The first kappa shape index (κ1) is 14.7. The fourth-order valence-corrected chi connectivity index (χ4v) is 4.64. The van der Waals surface area contributed by atoms with Crippen molar-refractivity contribution in [1.29, 1.82) is 0 Å². The Kier molecular flexibility index (Phi) is 4.29. The lowest BCUT2D eigenvalue weighted by Crippen LogP contribution is -2.32. The third-order valence-electron chi connectivity index (χ3n) is 3.81. The van der Waals surface area contributed by atoms with Gasteiger partial charge in [0.25, 0.3) is 0 Å². The van der Waals surface area contributed by atoms with Crippen LogP contribution in [0.3, 0.4) is 0 Å². The van der Waals surface area contributed by atoms with E-state index in [0.717, 1.165) is 25.7 Å². The van der Waals surface area contributed by atoms with E-state index in [-0.39, 0.29) is 5.41 Å². The van der Waals surface area contributed by atoms with Gasteiger partial charge >= 0.3 is 0 Å². The number of anilines is 1. The lowest BCUT2D eigenvalue weighted by atomic mass is 9.91. The summed E-state index contributed by atoms with van der Waals surface area (Å²) in [5.74, 6) is 2.47. The van der Waals surface area contributed by atoms with E-state index in [0.29, 0.717) is 0 Å². The van der Waals surface area contributed by atoms with Crippen molar-refractivity contribution < 1.29 is 0 Å². The minimum absolute atomic E-state index is 0.139. The highest BCUT2D eigenvalue weighted by atomic mass is 32.2. The van der Waals surface area contributed by atoms with Crippen LogP contribution in [0.2, 0.25) is 0 Å². The number of thiazole rings is 1. The van der Waals surface area contributed by atoms with E-state index in [1.807, 2.05) is 11.3 Å². The van der Waals surface area contributed by atoms with Crippen molar-refractivity contribution in [2.75, 3.05) is 29.5 Å². The summed E-state index contributed by atoms with van der Waals surface area (Å²) in [4.78, 5) is 8.91. The van der Waals surface area contributed by atoms with Gasteiger partial charge in [0, 0.05) is 47.5 Å². The van der Waals surface area contributed by atoms with Crippen molar-refractivity contribution in [3.05, 3.63) is 10.6 Å². The topological polar surface area (TPSA) is 28.2 Å². The molecule has 1 aliphatic carbocycles. The van der Waals surface area contributed by atoms with Gasteiger partial charge in [0.15, 0.2) is 5.13 Å². The molecule has 2 fully saturated rings. The summed E-state index contributed by atoms with van der Waals surface area (Å²) in [7, 11) is 0. The average Bonchev–Trinajstić information content (AvgIpc) is 3.14. The van der Waals surface area contributed by atoms with Crippen LogP contribution in [-0.4, -0.2) is 35.6 Å². The van der Waals surface area contributed by atoms with E-state index in [1.54, 1.807) is 0 Å². The van der Waals surface area contributed by atoms with Crippen molar-refractivity contribution in [3.63, 3.8) is 0 Å². The van der Waals surface area contributed by atoms with Crippen LogP contribution in [0, 0.1) is 0 Å². The van der Waals surface area contributed by atoms with E-state index >= 15 is 0 Å². The highest BCUT2D eigenvalue weighted by Gasteiger charge is 2.27. The number of hydrogen-bond donors (Lipinski definition) is 1. The molecule has 0 unspecified atom stereocenters. The summed E-state index contributed by atoms with van der Waals surface area (Å²) in [6.45, 7) is 10.1. The van der Waals surface area contributed by atoms with E-state index in [9.17, 15) is 0 Å². The molecule has 1 aromatic heterocycles. The number of hydrogen-bond acceptors (Lipinski definition) is 5. The number of nitrogens with zero attached hydrogens (tertiary/aromatic N) is 2. The van der Waals surface area contributed by atoms with Crippen molar-refractivity contribution >= 4 is 28.2 Å². The maximum atomic E-state index is 5.00. The van der Waals surface area contributed by atoms with Gasteiger partial charge in [-0.05, 0) is 12.8 Å². The Bertz CT molecular complexity index is 454. The molecule has 1 saturated heterocycles. The Hall–Kier alpha value is -0.260. The Balaban J connectivity index is 1.79. The largest absolute Gasteiger partial charge is 0.346 e. The lowest BCUT2D eigenvalue weighted by Gasteiger charge is -2.25. The van der Waals surface area contributed by atoms with Gasteiger partial charge in [-0.25, -0.2) is 4.98 Å². The fourth-order valence-electron chi connectivity index (χ4n) is 2.46. The molecule has 0 amide bonds. The van der Waals surface area contributed by atoms with E-state index in [4.69, 9.17) is 4.98 Å². The second-order valence-electron chi connectivity index (χ2n) is 6.77. The van der Waals surface area contributed by atoms with Gasteiger partial charge in [-0.2, -0.15) is 11.8 Å². The van der Waals surface area contributed by atoms with Crippen LogP contribution in [0.25, 0.3) is 0 Å². The molecule has 3 nitrogen and oxygen atoms in total. The average molecular weight is 312 g/mol. The summed E-state index contributed by atoms with van der Waals surface area (Å²) in [6.07, 6.45) is 2.69. The SMILES string of the molecule is CC(C)(C)c1nc(N2CCSCC2)sc1CNC1CC1. The highest BCUT2D eigenvalue weighted by molar-refractivity contribution is 7.99. The van der Waals surface area contributed by atoms with Gasteiger partial charge in [-0.3, -0.25) is 0 Å². The Labute approximate surface area is 130 Å². The highest BCUT2D eigenvalue weighted by Crippen LogP contribution is 2.35. The Morgan fingerprint density at radius 3 is 2.55 bits per heavy atom. The number of nitrogens with one attached hydrogen (secondary N) is 1. The molecule has 0 aromatic carbocycles. The molecular formula is C15H25N3S2. The Morgan fingerprint density at radius 2 is 1.95 bits per heavy atom. The van der Waals surface area contributed by atoms with Crippen LogP contribution < -0.4 is 10.2 Å². The first-order valence-corrected chi connectivity index (χ1v) is 9.57. The quantitative estimate of drug-likeness (QED) is 0.924. The van der Waals surface area contributed by atoms with Crippen molar-refractivity contribution in [1.82, 2.24) is 10.3 Å². The Morgan fingerprint density at radius 1 is 1.25 bits per heavy atom. The first-order chi connectivity index (χ1) is 9.54. The van der Waals surface area contributed by atoms with Crippen LogP contribution in [0.15, 0.2) is 0 Å². The van der Waals surface area contributed by atoms with Crippen LogP contribution >= 0.6 is 23.1 Å². The lowest BCUT2D eigenvalue weighted by molar-refractivity contribution is 0.558. The van der Waals surface area contributed by atoms with Gasteiger partial charge in [0.05, 0.1) is 5.69 Å². The number of thioether (sulfide) groups is 1. The molecule has 20 heavy (non-hydrogen) atoms. The van der Waals surface area contributed by atoms with Gasteiger partial charge in [0.1, 0.15) is 0 Å². The predicted octanol–water partition coefficient (Wildman–Crippen LogP) is 3.25. The summed E-state index contributed by atoms with van der Waals surface area (Å²) >= 11 is 3.96. The minimum Gasteiger partial charge on any atom is -0.346 e. The summed E-state index contributed by atoms with van der Waals surface area (Å²) in [5.41, 5.74) is 1.43. The molecule has 112 valence electrons. The fraction of sp³-hybridized carbons (Fsp3) is 0.800. The molecule has 1 N–H and O–H groups in total. The van der Waals surface area contributed by atoms with Gasteiger partial charge in [-0.1, -0.05) is 20.8 Å². The van der Waals surface area contributed by atoms with Crippen molar-refractivity contribution in [2.45, 2.75) is 51.6 Å². The van der Waals surface area contributed by atoms with E-state index < -0.39 is 0 Å². The molecule has 1 saturated carbocycles. The molecule has 2 aliphatic rings. The third kappa shape index (κ3) is 3.49. The zero-order chi connectivity index (χ0) is 14.2. The molecule has 3 rings (SSSR count). The third-order valence-corrected chi connectivity index (χ3v) is 5.87. The second-order valence-corrected chi connectivity index (χ2v) is 9.06. The van der Waals surface area contributed by atoms with Gasteiger partial charge < -0.3 is 10.2 Å². The molecule has 5 heteroatoms. The number of rotatable bonds is 4. The maximum Gasteiger partial charge on any atom is 0.185 e. The molecule has 0 spiro atoms. The molecule has 1 aliphatic heterocycles. The monoisotopic (exact) mass is 311 g/mol. The minimum atomic E-state index is 0.139. The van der Waals surface area contributed by atoms with Crippen LogP contribution in [0.5, 0.6) is 0 Å². The van der Waals surface area contributed by atoms with E-state index in [2.05, 4.69) is 42.7 Å². The first-order valence-electron chi connectivity index (χ1n) is 7.60. The zero-order valence-electron chi connectivity index (χ0n) is 12.7. The van der Waals surface area contributed by atoms with Crippen LogP contribution in [-0.2, 0) is 12.0 Å². The zero-order valence-corrected chi connectivity index (χ0v) is 14.4. The normalized spacial score (nSPS) is 20.4. The molecule has 2 heterocycles. The van der Waals surface area contributed by atoms with Crippen molar-refractivity contribution in [3.8, 4) is 0 Å². The number of aromatic nitrogens is 1. The van der Waals surface area contributed by atoms with Gasteiger partial charge in [-0.15, -0.1) is 11.3 Å². The van der Waals surface area contributed by atoms with Crippen LogP contribution in [0.1, 0.15) is 44.2 Å². The molecule has 1 aromatic rings. The summed E-state index contributed by atoms with van der Waals surface area (Å²) < 4.78 is 0. The second kappa shape index (κ2) is 5.85. The summed E-state index contributed by atoms with van der Waals surface area (Å²) in [5, 5.41) is 4.89. The van der Waals surface area contributed by atoms with Crippen molar-refractivity contribution in [2.24, 2.45) is 0 Å². The standard InChI is InChI=1S/C15H25N3S2/c1-15(2,3)13-12(10-16-11-4-5-11)20-14(17-13)18-6-8-19-9-7-18/h11,16H,4-10H2,1-3H3. The predicted molar refractivity (Wildman–Crippen MR) is 90.2 cm³/mol. The van der Waals surface area contributed by atoms with E-state index in [1.165, 1.54) is 40.0 Å². The molecule has 0 bridgehead atoms. The maximum absolute atomic E-state index is 5.00.